The highest BCUT2D eigenvalue weighted by molar-refractivity contribution is 5.39. The molecule has 2 unspecified atom stereocenters. The number of aryl methyl sites for hydroxylation is 2. The highest BCUT2D eigenvalue weighted by atomic mass is 16.5. The molecule has 24 heavy (non-hydrogen) atoms. The SMILES string of the molecule is Cc1cccc(C2(C)C3CN(CCOc4ccccc4C)CC32)c1. The molecule has 4 rings (SSSR count). The van der Waals surface area contributed by atoms with E-state index in [1.807, 2.05) is 6.07 Å². The number of fused-ring (bicyclic) bond motifs is 1. The Labute approximate surface area is 145 Å². The van der Waals surface area contributed by atoms with E-state index in [1.165, 1.54) is 29.8 Å². The topological polar surface area (TPSA) is 12.5 Å². The molecule has 0 N–H and O–H groups in total. The lowest BCUT2D eigenvalue weighted by molar-refractivity contribution is 0.212. The van der Waals surface area contributed by atoms with Gasteiger partial charge in [0.15, 0.2) is 0 Å². The number of piperidine rings is 1. The maximum atomic E-state index is 5.96. The third kappa shape index (κ3) is 2.63. The number of hydrogen-bond acceptors (Lipinski definition) is 2. The largest absolute Gasteiger partial charge is 0.492 e. The molecule has 0 bridgehead atoms. The smallest absolute Gasteiger partial charge is 0.122 e. The van der Waals surface area contributed by atoms with Gasteiger partial charge in [-0.1, -0.05) is 55.0 Å². The van der Waals surface area contributed by atoms with Gasteiger partial charge < -0.3 is 4.74 Å². The molecular formula is C22H27NO. The molecule has 0 aromatic heterocycles. The van der Waals surface area contributed by atoms with E-state index in [1.54, 1.807) is 0 Å². The molecule has 1 aliphatic carbocycles. The van der Waals surface area contributed by atoms with Crippen molar-refractivity contribution in [2.75, 3.05) is 26.2 Å². The number of para-hydroxylation sites is 1. The predicted molar refractivity (Wildman–Crippen MR) is 98.6 cm³/mol. The van der Waals surface area contributed by atoms with E-state index in [0.717, 1.165) is 30.7 Å². The van der Waals surface area contributed by atoms with Gasteiger partial charge in [0.05, 0.1) is 0 Å². The number of benzene rings is 2. The number of likely N-dealkylation sites (tertiary alicyclic amines) is 1. The van der Waals surface area contributed by atoms with Crippen molar-refractivity contribution in [3.05, 3.63) is 65.2 Å². The molecule has 0 amide bonds. The van der Waals surface area contributed by atoms with Crippen LogP contribution in [0, 0.1) is 25.7 Å². The summed E-state index contributed by atoms with van der Waals surface area (Å²) in [7, 11) is 0. The summed E-state index contributed by atoms with van der Waals surface area (Å²) in [5.41, 5.74) is 4.53. The van der Waals surface area contributed by atoms with Gasteiger partial charge in [-0.3, -0.25) is 4.90 Å². The zero-order valence-electron chi connectivity index (χ0n) is 15.0. The van der Waals surface area contributed by atoms with E-state index in [9.17, 15) is 0 Å². The zero-order valence-corrected chi connectivity index (χ0v) is 15.0. The molecule has 2 aliphatic rings. The van der Waals surface area contributed by atoms with Crippen molar-refractivity contribution >= 4 is 0 Å². The molecule has 2 fully saturated rings. The maximum Gasteiger partial charge on any atom is 0.122 e. The lowest BCUT2D eigenvalue weighted by Gasteiger charge is -2.24. The molecule has 2 aromatic rings. The Balaban J connectivity index is 1.30. The second-order valence-electron chi connectivity index (χ2n) is 7.74. The average Bonchev–Trinajstić information content (AvgIpc) is 2.94. The van der Waals surface area contributed by atoms with Gasteiger partial charge in [-0.05, 0) is 42.9 Å². The van der Waals surface area contributed by atoms with E-state index in [4.69, 9.17) is 4.74 Å². The Kier molecular flexibility index (Phi) is 3.88. The van der Waals surface area contributed by atoms with Gasteiger partial charge in [-0.15, -0.1) is 0 Å². The van der Waals surface area contributed by atoms with E-state index in [0.29, 0.717) is 5.41 Å². The molecule has 1 saturated carbocycles. The molecule has 2 aromatic carbocycles. The molecule has 1 heterocycles. The average molecular weight is 321 g/mol. The highest BCUT2D eigenvalue weighted by Gasteiger charge is 2.65. The van der Waals surface area contributed by atoms with E-state index in [-0.39, 0.29) is 0 Å². The molecule has 2 nitrogen and oxygen atoms in total. The van der Waals surface area contributed by atoms with Gasteiger partial charge in [0.25, 0.3) is 0 Å². The fourth-order valence-corrected chi connectivity index (χ4v) is 4.56. The number of ether oxygens (including phenoxy) is 1. The van der Waals surface area contributed by atoms with Gasteiger partial charge in [0, 0.05) is 25.0 Å². The fourth-order valence-electron chi connectivity index (χ4n) is 4.56. The van der Waals surface area contributed by atoms with Crippen molar-refractivity contribution in [1.29, 1.82) is 0 Å². The first kappa shape index (κ1) is 15.7. The van der Waals surface area contributed by atoms with Crippen LogP contribution in [0.15, 0.2) is 48.5 Å². The van der Waals surface area contributed by atoms with Crippen LogP contribution in [-0.4, -0.2) is 31.1 Å². The standard InChI is InChI=1S/C22H27NO/c1-16-7-6-9-18(13-16)22(3)19-14-23(15-20(19)22)11-12-24-21-10-5-4-8-17(21)2/h4-10,13,19-20H,11-12,14-15H2,1-3H3. The lowest BCUT2D eigenvalue weighted by Crippen LogP contribution is -2.32. The van der Waals surface area contributed by atoms with Crippen LogP contribution in [0.4, 0.5) is 0 Å². The summed E-state index contributed by atoms with van der Waals surface area (Å²) in [6, 6.07) is 17.4. The summed E-state index contributed by atoms with van der Waals surface area (Å²) < 4.78 is 5.96. The van der Waals surface area contributed by atoms with Crippen molar-refractivity contribution in [2.45, 2.75) is 26.2 Å². The van der Waals surface area contributed by atoms with Crippen LogP contribution in [-0.2, 0) is 5.41 Å². The highest BCUT2D eigenvalue weighted by Crippen LogP contribution is 2.63. The third-order valence-electron chi connectivity index (χ3n) is 6.23. The van der Waals surface area contributed by atoms with Crippen LogP contribution in [0.1, 0.15) is 23.6 Å². The lowest BCUT2D eigenvalue weighted by atomic mass is 9.91. The van der Waals surface area contributed by atoms with Crippen LogP contribution in [0.3, 0.4) is 0 Å². The molecule has 0 spiro atoms. The normalized spacial score (nSPS) is 28.6. The molecular weight excluding hydrogens is 294 g/mol. The third-order valence-corrected chi connectivity index (χ3v) is 6.23. The van der Waals surface area contributed by atoms with Gasteiger partial charge >= 0.3 is 0 Å². The number of rotatable bonds is 5. The molecule has 1 saturated heterocycles. The van der Waals surface area contributed by atoms with Crippen molar-refractivity contribution < 1.29 is 4.74 Å². The predicted octanol–water partition coefficient (Wildman–Crippen LogP) is 4.20. The van der Waals surface area contributed by atoms with E-state index >= 15 is 0 Å². The Hall–Kier alpha value is -1.80. The van der Waals surface area contributed by atoms with Crippen molar-refractivity contribution in [3.63, 3.8) is 0 Å². The minimum atomic E-state index is 0.402. The first-order valence-corrected chi connectivity index (χ1v) is 9.07. The Morgan fingerprint density at radius 1 is 1.04 bits per heavy atom. The van der Waals surface area contributed by atoms with Gasteiger partial charge in [-0.2, -0.15) is 0 Å². The minimum absolute atomic E-state index is 0.402. The Morgan fingerprint density at radius 3 is 2.50 bits per heavy atom. The van der Waals surface area contributed by atoms with Gasteiger partial charge in [-0.25, -0.2) is 0 Å². The van der Waals surface area contributed by atoms with E-state index in [2.05, 4.69) is 68.1 Å². The first-order chi connectivity index (χ1) is 11.6. The van der Waals surface area contributed by atoms with Crippen LogP contribution < -0.4 is 4.74 Å². The second kappa shape index (κ2) is 5.93. The van der Waals surface area contributed by atoms with Gasteiger partial charge in [0.2, 0.25) is 0 Å². The molecule has 2 heteroatoms. The number of nitrogens with zero attached hydrogens (tertiary/aromatic N) is 1. The summed E-state index contributed by atoms with van der Waals surface area (Å²) in [6.45, 7) is 11.0. The van der Waals surface area contributed by atoms with Crippen LogP contribution in [0.5, 0.6) is 5.75 Å². The van der Waals surface area contributed by atoms with Crippen LogP contribution >= 0.6 is 0 Å². The van der Waals surface area contributed by atoms with Crippen LogP contribution in [0.25, 0.3) is 0 Å². The fraction of sp³-hybridized carbons (Fsp3) is 0.455. The molecule has 126 valence electrons. The van der Waals surface area contributed by atoms with Gasteiger partial charge in [0.1, 0.15) is 12.4 Å². The van der Waals surface area contributed by atoms with Crippen molar-refractivity contribution in [3.8, 4) is 5.75 Å². The monoisotopic (exact) mass is 321 g/mol. The summed E-state index contributed by atoms with van der Waals surface area (Å²) in [5.74, 6) is 2.65. The Morgan fingerprint density at radius 2 is 1.79 bits per heavy atom. The quantitative estimate of drug-likeness (QED) is 0.818. The summed E-state index contributed by atoms with van der Waals surface area (Å²) in [5, 5.41) is 0. The molecule has 2 atom stereocenters. The Bertz CT molecular complexity index is 726. The number of hydrogen-bond donors (Lipinski definition) is 0. The van der Waals surface area contributed by atoms with Crippen molar-refractivity contribution in [2.24, 2.45) is 11.8 Å². The summed E-state index contributed by atoms with van der Waals surface area (Å²) in [6.07, 6.45) is 0. The summed E-state index contributed by atoms with van der Waals surface area (Å²) in [4.78, 5) is 2.57. The van der Waals surface area contributed by atoms with E-state index < -0.39 is 0 Å². The second-order valence-corrected chi connectivity index (χ2v) is 7.74. The zero-order chi connectivity index (χ0) is 16.7. The first-order valence-electron chi connectivity index (χ1n) is 9.07. The maximum absolute atomic E-state index is 5.96. The molecule has 0 radical (unpaired) electrons. The van der Waals surface area contributed by atoms with Crippen molar-refractivity contribution in [1.82, 2.24) is 4.90 Å². The summed E-state index contributed by atoms with van der Waals surface area (Å²) >= 11 is 0. The minimum Gasteiger partial charge on any atom is -0.492 e. The van der Waals surface area contributed by atoms with Crippen LogP contribution in [0.2, 0.25) is 0 Å². The molecule has 1 aliphatic heterocycles.